The number of hydrogen-bond acceptors (Lipinski definition) is 6. The first-order valence-electron chi connectivity index (χ1n) is 6.69. The Morgan fingerprint density at radius 2 is 1.84 bits per heavy atom. The number of nitrogens with zero attached hydrogens (tertiary/aromatic N) is 4. The van der Waals surface area contributed by atoms with E-state index in [4.69, 9.17) is 0 Å². The van der Waals surface area contributed by atoms with Gasteiger partial charge in [0.2, 0.25) is 0 Å². The molecule has 0 aliphatic carbocycles. The Kier molecular flexibility index (Phi) is 4.17. The molecule has 0 atom stereocenters. The summed E-state index contributed by atoms with van der Waals surface area (Å²) in [4.78, 5) is 7.91. The van der Waals surface area contributed by atoms with Crippen molar-refractivity contribution >= 4 is 10.1 Å². The lowest BCUT2D eigenvalue weighted by Crippen LogP contribution is -2.28. The number of hydrogen-bond donors (Lipinski definition) is 0. The van der Waals surface area contributed by atoms with Crippen molar-refractivity contribution in [1.82, 2.24) is 19.7 Å². The van der Waals surface area contributed by atoms with Crippen LogP contribution in [0.3, 0.4) is 0 Å². The van der Waals surface area contributed by atoms with E-state index < -0.39 is 21.4 Å². The lowest BCUT2D eigenvalue weighted by atomic mass is 10.2. The Balaban J connectivity index is 1.89. The lowest BCUT2D eigenvalue weighted by Gasteiger charge is -2.10. The van der Waals surface area contributed by atoms with Crippen molar-refractivity contribution in [2.75, 3.05) is 0 Å². The molecule has 3 heterocycles. The van der Waals surface area contributed by atoms with Gasteiger partial charge in [-0.1, -0.05) is 0 Å². The van der Waals surface area contributed by atoms with Gasteiger partial charge in [-0.3, -0.25) is 9.97 Å². The van der Waals surface area contributed by atoms with Gasteiger partial charge >= 0.3 is 15.6 Å². The van der Waals surface area contributed by atoms with Crippen LogP contribution in [0.15, 0.2) is 55.1 Å². The van der Waals surface area contributed by atoms with Gasteiger partial charge in [0.1, 0.15) is 0 Å². The van der Waals surface area contributed by atoms with Crippen molar-refractivity contribution in [3.05, 3.63) is 55.1 Å². The van der Waals surface area contributed by atoms with Crippen LogP contribution in [-0.4, -0.2) is 33.7 Å². The molecule has 3 rings (SSSR count). The molecule has 130 valence electrons. The molecular formula is C14H9F3N4O3S. The summed E-state index contributed by atoms with van der Waals surface area (Å²) in [6.45, 7) is 0. The molecule has 0 spiro atoms. The van der Waals surface area contributed by atoms with E-state index in [1.54, 1.807) is 30.6 Å². The van der Waals surface area contributed by atoms with E-state index in [1.807, 2.05) is 0 Å². The highest BCUT2D eigenvalue weighted by Gasteiger charge is 2.48. The van der Waals surface area contributed by atoms with Crippen LogP contribution < -0.4 is 4.18 Å². The maximum absolute atomic E-state index is 12.3. The van der Waals surface area contributed by atoms with Crippen molar-refractivity contribution in [3.8, 4) is 22.8 Å². The van der Waals surface area contributed by atoms with Gasteiger partial charge in [-0.15, -0.1) is 0 Å². The molecule has 7 nitrogen and oxygen atoms in total. The molecule has 3 aromatic heterocycles. The third kappa shape index (κ3) is 3.45. The number of aromatic nitrogens is 4. The Hall–Kier alpha value is -2.95. The molecule has 0 saturated heterocycles. The van der Waals surface area contributed by atoms with Gasteiger partial charge in [-0.25, -0.2) is 4.68 Å². The third-order valence-corrected chi connectivity index (χ3v) is 4.00. The van der Waals surface area contributed by atoms with E-state index in [0.717, 1.165) is 12.3 Å². The fourth-order valence-electron chi connectivity index (χ4n) is 1.94. The molecule has 0 N–H and O–H groups in total. The molecule has 3 aromatic rings. The van der Waals surface area contributed by atoms with Crippen LogP contribution in [0.2, 0.25) is 0 Å². The largest absolute Gasteiger partial charge is 0.534 e. The number of alkyl halides is 3. The molecule has 0 aliphatic rings. The van der Waals surface area contributed by atoms with Crippen molar-refractivity contribution < 1.29 is 25.8 Å². The molecule has 11 heteroatoms. The normalized spacial score (nSPS) is 12.1. The summed E-state index contributed by atoms with van der Waals surface area (Å²) in [5, 5.41) is 4.14. The summed E-state index contributed by atoms with van der Waals surface area (Å²) >= 11 is 0. The number of halogens is 3. The maximum atomic E-state index is 12.3. The summed E-state index contributed by atoms with van der Waals surface area (Å²) in [5.74, 6) is -0.548. The van der Waals surface area contributed by atoms with Gasteiger partial charge in [0.25, 0.3) is 0 Å². The van der Waals surface area contributed by atoms with Crippen LogP contribution in [0.25, 0.3) is 17.1 Å². The van der Waals surface area contributed by atoms with Crippen LogP contribution in [-0.2, 0) is 10.1 Å². The highest BCUT2D eigenvalue weighted by atomic mass is 32.2. The molecule has 0 bridgehead atoms. The molecule has 0 radical (unpaired) electrons. The zero-order valence-electron chi connectivity index (χ0n) is 12.3. The predicted molar refractivity (Wildman–Crippen MR) is 80.2 cm³/mol. The second kappa shape index (κ2) is 6.16. The Morgan fingerprint density at radius 3 is 2.44 bits per heavy atom. The predicted octanol–water partition coefficient (Wildman–Crippen LogP) is 2.56. The lowest BCUT2D eigenvalue weighted by molar-refractivity contribution is -0.0500. The fraction of sp³-hybridized carbons (Fsp3) is 0.0714. The Morgan fingerprint density at radius 1 is 1.04 bits per heavy atom. The van der Waals surface area contributed by atoms with Crippen LogP contribution in [0.4, 0.5) is 13.2 Å². The van der Waals surface area contributed by atoms with Crippen LogP contribution in [0.5, 0.6) is 5.75 Å². The molecular weight excluding hydrogens is 361 g/mol. The zero-order chi connectivity index (χ0) is 18.1. The van der Waals surface area contributed by atoms with Crippen LogP contribution in [0.1, 0.15) is 0 Å². The average molecular weight is 370 g/mol. The number of pyridine rings is 2. The SMILES string of the molecule is O=S(=O)(Oc1ccc(-c2ccnn2-c2cccnc2)nc1)C(F)(F)F. The van der Waals surface area contributed by atoms with Gasteiger partial charge in [-0.05, 0) is 30.3 Å². The molecule has 0 saturated carbocycles. The van der Waals surface area contributed by atoms with Crippen LogP contribution in [0, 0.1) is 0 Å². The highest BCUT2D eigenvalue weighted by Crippen LogP contribution is 2.28. The minimum absolute atomic E-state index is 0.359. The number of rotatable bonds is 4. The quantitative estimate of drug-likeness (QED) is 0.518. The van der Waals surface area contributed by atoms with E-state index in [1.165, 1.54) is 16.9 Å². The van der Waals surface area contributed by atoms with Gasteiger partial charge < -0.3 is 4.18 Å². The van der Waals surface area contributed by atoms with Crippen LogP contribution >= 0.6 is 0 Å². The van der Waals surface area contributed by atoms with E-state index in [-0.39, 0.29) is 0 Å². The topological polar surface area (TPSA) is 87.0 Å². The van der Waals surface area contributed by atoms with Crippen molar-refractivity contribution in [3.63, 3.8) is 0 Å². The highest BCUT2D eigenvalue weighted by molar-refractivity contribution is 7.87. The average Bonchev–Trinajstić information content (AvgIpc) is 3.04. The first-order valence-corrected chi connectivity index (χ1v) is 8.10. The Bertz CT molecular complexity index is 971. The Labute approximate surface area is 139 Å². The third-order valence-electron chi connectivity index (χ3n) is 3.02. The second-order valence-corrected chi connectivity index (χ2v) is 6.24. The van der Waals surface area contributed by atoms with E-state index in [2.05, 4.69) is 19.2 Å². The summed E-state index contributed by atoms with van der Waals surface area (Å²) in [6.07, 6.45) is 5.57. The van der Waals surface area contributed by atoms with Gasteiger partial charge in [0.15, 0.2) is 5.75 Å². The van der Waals surface area contributed by atoms with E-state index >= 15 is 0 Å². The molecule has 25 heavy (non-hydrogen) atoms. The molecule has 0 aromatic carbocycles. The van der Waals surface area contributed by atoms with Crippen molar-refractivity contribution in [2.24, 2.45) is 0 Å². The zero-order valence-corrected chi connectivity index (χ0v) is 13.1. The summed E-state index contributed by atoms with van der Waals surface area (Å²) in [6, 6.07) is 7.52. The molecule has 0 fully saturated rings. The fourth-order valence-corrected chi connectivity index (χ4v) is 2.38. The van der Waals surface area contributed by atoms with Crippen molar-refractivity contribution in [2.45, 2.75) is 5.51 Å². The first kappa shape index (κ1) is 16.9. The van der Waals surface area contributed by atoms with Gasteiger partial charge in [0, 0.05) is 6.20 Å². The molecule has 0 aliphatic heterocycles. The van der Waals surface area contributed by atoms with E-state index in [0.29, 0.717) is 17.1 Å². The van der Waals surface area contributed by atoms with Gasteiger partial charge in [0.05, 0.1) is 35.7 Å². The summed E-state index contributed by atoms with van der Waals surface area (Å²) in [7, 11) is -5.73. The standard InChI is InChI=1S/C14H9F3N4O3S/c15-14(16,17)25(22,23)24-11-3-4-12(19-9-11)13-5-7-20-21(13)10-2-1-6-18-8-10/h1-9H. The van der Waals surface area contributed by atoms with E-state index in [9.17, 15) is 21.6 Å². The van der Waals surface area contributed by atoms with Crippen molar-refractivity contribution in [1.29, 1.82) is 0 Å². The smallest absolute Gasteiger partial charge is 0.374 e. The van der Waals surface area contributed by atoms with Gasteiger partial charge in [-0.2, -0.15) is 26.7 Å². The minimum atomic E-state index is -5.73. The summed E-state index contributed by atoms with van der Waals surface area (Å²) in [5.41, 5.74) is -3.95. The second-order valence-electron chi connectivity index (χ2n) is 4.70. The molecule has 0 unspecified atom stereocenters. The monoisotopic (exact) mass is 370 g/mol. The minimum Gasteiger partial charge on any atom is -0.374 e. The maximum Gasteiger partial charge on any atom is 0.534 e. The molecule has 0 amide bonds. The first-order chi connectivity index (χ1) is 11.8. The summed E-state index contributed by atoms with van der Waals surface area (Å²) < 4.78 is 64.4.